The van der Waals surface area contributed by atoms with E-state index in [2.05, 4.69) is 27.8 Å². The summed E-state index contributed by atoms with van der Waals surface area (Å²) in [4.78, 5) is 12.1. The average molecular weight is 264 g/mol. The molecule has 2 atom stereocenters. The summed E-state index contributed by atoms with van der Waals surface area (Å²) in [7, 11) is 0. The molecule has 1 aromatic heterocycles. The van der Waals surface area contributed by atoms with E-state index in [0.29, 0.717) is 6.04 Å². The number of nitrogens with one attached hydrogen (secondary N) is 3. The molecule has 0 aromatic carbocycles. The van der Waals surface area contributed by atoms with Crippen LogP contribution in [0.2, 0.25) is 0 Å². The molecule has 0 bridgehead atoms. The summed E-state index contributed by atoms with van der Waals surface area (Å²) in [5, 5.41) is 13.3. The zero-order valence-electron chi connectivity index (χ0n) is 11.8. The van der Waals surface area contributed by atoms with Crippen molar-refractivity contribution in [2.24, 2.45) is 5.92 Å². The summed E-state index contributed by atoms with van der Waals surface area (Å²) in [5.41, 5.74) is 2.36. The minimum Gasteiger partial charge on any atom is -0.356 e. The molecule has 1 aromatic rings. The summed E-state index contributed by atoms with van der Waals surface area (Å²) < 4.78 is 0. The molecule has 1 aliphatic heterocycles. The molecule has 5 heteroatoms. The SMILES string of the molecule is Cc1[nH]ncc1CCCNC(=O)C1CCCNC1C. The molecule has 1 aliphatic rings. The van der Waals surface area contributed by atoms with Crippen LogP contribution in [0.15, 0.2) is 6.20 Å². The number of aromatic nitrogens is 2. The molecule has 106 valence electrons. The first-order valence-corrected chi connectivity index (χ1v) is 7.18. The van der Waals surface area contributed by atoms with Crippen LogP contribution in [0.25, 0.3) is 0 Å². The third-order valence-electron chi connectivity index (χ3n) is 3.95. The van der Waals surface area contributed by atoms with Crippen molar-refractivity contribution >= 4 is 5.91 Å². The molecule has 2 heterocycles. The highest BCUT2D eigenvalue weighted by Crippen LogP contribution is 2.16. The Bertz CT molecular complexity index is 415. The van der Waals surface area contributed by atoms with Crippen molar-refractivity contribution in [2.75, 3.05) is 13.1 Å². The number of H-pyrrole nitrogens is 1. The van der Waals surface area contributed by atoms with Gasteiger partial charge in [0.05, 0.1) is 12.1 Å². The molecule has 0 spiro atoms. The third-order valence-corrected chi connectivity index (χ3v) is 3.95. The summed E-state index contributed by atoms with van der Waals surface area (Å²) in [6, 6.07) is 0.296. The topological polar surface area (TPSA) is 69.8 Å². The zero-order valence-corrected chi connectivity index (χ0v) is 11.8. The number of carbonyl (C=O) groups excluding carboxylic acids is 1. The van der Waals surface area contributed by atoms with Crippen LogP contribution in [-0.2, 0) is 11.2 Å². The van der Waals surface area contributed by atoms with Crippen molar-refractivity contribution in [1.82, 2.24) is 20.8 Å². The summed E-state index contributed by atoms with van der Waals surface area (Å²) in [6.45, 7) is 5.89. The van der Waals surface area contributed by atoms with Gasteiger partial charge in [0.15, 0.2) is 0 Å². The van der Waals surface area contributed by atoms with Crippen LogP contribution in [0.1, 0.15) is 37.4 Å². The van der Waals surface area contributed by atoms with Crippen LogP contribution < -0.4 is 10.6 Å². The predicted molar refractivity (Wildman–Crippen MR) is 74.8 cm³/mol. The Labute approximate surface area is 114 Å². The number of hydrogen-bond acceptors (Lipinski definition) is 3. The zero-order chi connectivity index (χ0) is 13.7. The molecule has 1 saturated heterocycles. The van der Waals surface area contributed by atoms with E-state index in [4.69, 9.17) is 0 Å². The number of aromatic amines is 1. The fourth-order valence-electron chi connectivity index (χ4n) is 2.65. The highest BCUT2D eigenvalue weighted by atomic mass is 16.1. The summed E-state index contributed by atoms with van der Waals surface area (Å²) in [6.07, 6.45) is 5.88. The molecule has 2 unspecified atom stereocenters. The van der Waals surface area contributed by atoms with Gasteiger partial charge in [-0.2, -0.15) is 5.10 Å². The monoisotopic (exact) mass is 264 g/mol. The number of hydrogen-bond donors (Lipinski definition) is 3. The van der Waals surface area contributed by atoms with Crippen LogP contribution in [0.4, 0.5) is 0 Å². The molecular formula is C14H24N4O. The van der Waals surface area contributed by atoms with Crippen molar-refractivity contribution < 1.29 is 4.79 Å². The van der Waals surface area contributed by atoms with Gasteiger partial charge in [-0.15, -0.1) is 0 Å². The van der Waals surface area contributed by atoms with E-state index in [1.54, 1.807) is 0 Å². The second kappa shape index (κ2) is 6.70. The minimum atomic E-state index is 0.129. The van der Waals surface area contributed by atoms with Crippen LogP contribution in [0.3, 0.4) is 0 Å². The van der Waals surface area contributed by atoms with Gasteiger partial charge in [0.25, 0.3) is 0 Å². The van der Waals surface area contributed by atoms with E-state index in [9.17, 15) is 4.79 Å². The standard InChI is InChI=1S/C14H24N4O/c1-10-12(9-17-18-10)5-3-8-16-14(19)13-6-4-7-15-11(13)2/h9,11,13,15H,3-8H2,1-2H3,(H,16,19)(H,17,18). The van der Waals surface area contributed by atoms with Crippen molar-refractivity contribution in [1.29, 1.82) is 0 Å². The van der Waals surface area contributed by atoms with Crippen molar-refractivity contribution in [3.8, 4) is 0 Å². The van der Waals surface area contributed by atoms with Gasteiger partial charge in [-0.3, -0.25) is 9.89 Å². The second-order valence-electron chi connectivity index (χ2n) is 5.41. The van der Waals surface area contributed by atoms with E-state index in [1.807, 2.05) is 13.1 Å². The first-order chi connectivity index (χ1) is 9.18. The molecule has 5 nitrogen and oxygen atoms in total. The van der Waals surface area contributed by atoms with Gasteiger partial charge in [-0.1, -0.05) is 0 Å². The Hall–Kier alpha value is -1.36. The van der Waals surface area contributed by atoms with Gasteiger partial charge >= 0.3 is 0 Å². The van der Waals surface area contributed by atoms with Gasteiger partial charge in [0.1, 0.15) is 0 Å². The van der Waals surface area contributed by atoms with E-state index < -0.39 is 0 Å². The average Bonchev–Trinajstić information content (AvgIpc) is 2.80. The van der Waals surface area contributed by atoms with Crippen LogP contribution in [-0.4, -0.2) is 35.2 Å². The predicted octanol–water partition coefficient (Wildman–Crippen LogP) is 1.16. The van der Waals surface area contributed by atoms with Crippen molar-refractivity contribution in [3.05, 3.63) is 17.5 Å². The molecule has 2 rings (SSSR count). The molecular weight excluding hydrogens is 240 g/mol. The quantitative estimate of drug-likeness (QED) is 0.699. The summed E-state index contributed by atoms with van der Waals surface area (Å²) in [5.74, 6) is 0.327. The number of carbonyl (C=O) groups is 1. The van der Waals surface area contributed by atoms with E-state index in [1.165, 1.54) is 5.56 Å². The van der Waals surface area contributed by atoms with Crippen LogP contribution >= 0.6 is 0 Å². The van der Waals surface area contributed by atoms with Gasteiger partial charge in [-0.25, -0.2) is 0 Å². The van der Waals surface area contributed by atoms with Gasteiger partial charge in [-0.05, 0) is 51.6 Å². The smallest absolute Gasteiger partial charge is 0.224 e. The Morgan fingerprint density at radius 1 is 1.58 bits per heavy atom. The molecule has 3 N–H and O–H groups in total. The lowest BCUT2D eigenvalue weighted by atomic mass is 9.91. The second-order valence-corrected chi connectivity index (χ2v) is 5.41. The molecule has 0 saturated carbocycles. The first kappa shape index (κ1) is 14.1. The highest BCUT2D eigenvalue weighted by Gasteiger charge is 2.26. The lowest BCUT2D eigenvalue weighted by Gasteiger charge is -2.28. The third kappa shape index (κ3) is 3.80. The van der Waals surface area contributed by atoms with E-state index >= 15 is 0 Å². The number of rotatable bonds is 5. The maximum Gasteiger partial charge on any atom is 0.224 e. The fourth-order valence-corrected chi connectivity index (χ4v) is 2.65. The number of amides is 1. The lowest BCUT2D eigenvalue weighted by molar-refractivity contribution is -0.126. The summed E-state index contributed by atoms with van der Waals surface area (Å²) >= 11 is 0. The van der Waals surface area contributed by atoms with E-state index in [-0.39, 0.29) is 11.8 Å². The molecule has 1 amide bonds. The maximum absolute atomic E-state index is 12.1. The van der Waals surface area contributed by atoms with Crippen LogP contribution in [0, 0.1) is 12.8 Å². The largest absolute Gasteiger partial charge is 0.356 e. The molecule has 0 radical (unpaired) electrons. The van der Waals surface area contributed by atoms with Crippen molar-refractivity contribution in [3.63, 3.8) is 0 Å². The Kier molecular flexibility index (Phi) is 4.96. The number of nitrogens with zero attached hydrogens (tertiary/aromatic N) is 1. The highest BCUT2D eigenvalue weighted by molar-refractivity contribution is 5.79. The van der Waals surface area contributed by atoms with E-state index in [0.717, 1.165) is 44.5 Å². The first-order valence-electron chi connectivity index (χ1n) is 7.18. The lowest BCUT2D eigenvalue weighted by Crippen LogP contribution is -2.46. The molecule has 19 heavy (non-hydrogen) atoms. The maximum atomic E-state index is 12.1. The van der Waals surface area contributed by atoms with Crippen molar-refractivity contribution in [2.45, 2.75) is 45.6 Å². The normalized spacial score (nSPS) is 23.3. The van der Waals surface area contributed by atoms with Gasteiger partial charge < -0.3 is 10.6 Å². The Morgan fingerprint density at radius 3 is 3.11 bits per heavy atom. The minimum absolute atomic E-state index is 0.129. The number of piperidine rings is 1. The molecule has 0 aliphatic carbocycles. The Balaban J connectivity index is 1.68. The Morgan fingerprint density at radius 2 is 2.42 bits per heavy atom. The molecule has 1 fully saturated rings. The van der Waals surface area contributed by atoms with Crippen LogP contribution in [0.5, 0.6) is 0 Å². The fraction of sp³-hybridized carbons (Fsp3) is 0.714. The van der Waals surface area contributed by atoms with Gasteiger partial charge in [0.2, 0.25) is 5.91 Å². The van der Waals surface area contributed by atoms with Gasteiger partial charge in [0, 0.05) is 18.3 Å². The number of aryl methyl sites for hydroxylation is 2.